The van der Waals surface area contributed by atoms with Crippen LogP contribution in [-0.2, 0) is 4.79 Å². The number of carbonyl (C=O) groups is 1. The summed E-state index contributed by atoms with van der Waals surface area (Å²) in [6.45, 7) is 3.97. The van der Waals surface area contributed by atoms with Gasteiger partial charge in [-0.3, -0.25) is 4.79 Å². The summed E-state index contributed by atoms with van der Waals surface area (Å²) >= 11 is 3.44. The number of hydrogen-bond donors (Lipinski definition) is 2. The van der Waals surface area contributed by atoms with Crippen LogP contribution >= 0.6 is 15.9 Å². The Kier molecular flexibility index (Phi) is 7.03. The SMILES string of the molecule is COc1ccc(/C=N/NC(=O)COc2ccc(Br)cc2C(C)C)cc1O. The van der Waals surface area contributed by atoms with Gasteiger partial charge < -0.3 is 14.6 Å². The number of halogens is 1. The van der Waals surface area contributed by atoms with Crippen LogP contribution in [0.15, 0.2) is 46.0 Å². The van der Waals surface area contributed by atoms with Crippen molar-refractivity contribution < 1.29 is 19.4 Å². The molecule has 0 saturated heterocycles. The zero-order chi connectivity index (χ0) is 19.1. The summed E-state index contributed by atoms with van der Waals surface area (Å²) < 4.78 is 11.5. The molecular weight excluding hydrogens is 400 g/mol. The number of nitrogens with zero attached hydrogens (tertiary/aromatic N) is 1. The van der Waals surface area contributed by atoms with Gasteiger partial charge in [0.2, 0.25) is 0 Å². The summed E-state index contributed by atoms with van der Waals surface area (Å²) in [6, 6.07) is 10.5. The van der Waals surface area contributed by atoms with E-state index in [4.69, 9.17) is 9.47 Å². The predicted octanol–water partition coefficient (Wildman–Crippen LogP) is 3.82. The molecular formula is C19H21BrN2O4. The number of aromatic hydroxyl groups is 1. The highest BCUT2D eigenvalue weighted by Crippen LogP contribution is 2.29. The van der Waals surface area contributed by atoms with Gasteiger partial charge in [0.05, 0.1) is 13.3 Å². The minimum absolute atomic E-state index is 0.00237. The van der Waals surface area contributed by atoms with E-state index in [0.717, 1.165) is 10.0 Å². The van der Waals surface area contributed by atoms with E-state index < -0.39 is 0 Å². The van der Waals surface area contributed by atoms with Gasteiger partial charge in [0.25, 0.3) is 5.91 Å². The molecule has 26 heavy (non-hydrogen) atoms. The van der Waals surface area contributed by atoms with Crippen molar-refractivity contribution in [1.82, 2.24) is 5.43 Å². The molecule has 0 unspecified atom stereocenters. The van der Waals surface area contributed by atoms with Gasteiger partial charge in [0, 0.05) is 4.47 Å². The normalized spacial score (nSPS) is 11.0. The number of benzene rings is 2. The molecule has 2 N–H and O–H groups in total. The molecule has 2 aromatic rings. The van der Waals surface area contributed by atoms with Crippen molar-refractivity contribution in [2.75, 3.05) is 13.7 Å². The van der Waals surface area contributed by atoms with E-state index in [1.807, 2.05) is 18.2 Å². The second-order valence-electron chi connectivity index (χ2n) is 5.85. The third-order valence-electron chi connectivity index (χ3n) is 3.56. The summed E-state index contributed by atoms with van der Waals surface area (Å²) in [7, 11) is 1.47. The van der Waals surface area contributed by atoms with Gasteiger partial charge in [-0.15, -0.1) is 0 Å². The number of methoxy groups -OCH3 is 1. The zero-order valence-corrected chi connectivity index (χ0v) is 16.4. The van der Waals surface area contributed by atoms with Crippen molar-refractivity contribution in [3.05, 3.63) is 52.0 Å². The van der Waals surface area contributed by atoms with Crippen molar-refractivity contribution in [3.63, 3.8) is 0 Å². The molecule has 7 heteroatoms. The largest absolute Gasteiger partial charge is 0.504 e. The van der Waals surface area contributed by atoms with Crippen LogP contribution in [-0.4, -0.2) is 30.9 Å². The van der Waals surface area contributed by atoms with Crippen LogP contribution in [0.3, 0.4) is 0 Å². The van der Waals surface area contributed by atoms with Crippen LogP contribution < -0.4 is 14.9 Å². The number of ether oxygens (including phenoxy) is 2. The molecule has 1 amide bonds. The summed E-state index contributed by atoms with van der Waals surface area (Å²) in [5.41, 5.74) is 4.04. The maximum absolute atomic E-state index is 11.9. The highest BCUT2D eigenvalue weighted by molar-refractivity contribution is 9.10. The molecule has 0 aliphatic heterocycles. The molecule has 0 fully saturated rings. The average Bonchev–Trinajstić information content (AvgIpc) is 2.60. The Morgan fingerprint density at radius 1 is 1.27 bits per heavy atom. The maximum Gasteiger partial charge on any atom is 0.277 e. The van der Waals surface area contributed by atoms with Gasteiger partial charge in [-0.05, 0) is 53.4 Å². The number of phenolic OH excluding ortho intramolecular Hbond substituents is 1. The van der Waals surface area contributed by atoms with Crippen LogP contribution in [0.4, 0.5) is 0 Å². The quantitative estimate of drug-likeness (QED) is 0.526. The number of nitrogens with one attached hydrogen (secondary N) is 1. The Balaban J connectivity index is 1.90. The fourth-order valence-electron chi connectivity index (χ4n) is 2.24. The minimum Gasteiger partial charge on any atom is -0.504 e. The van der Waals surface area contributed by atoms with Gasteiger partial charge in [-0.25, -0.2) is 5.43 Å². The Hall–Kier alpha value is -2.54. The number of rotatable bonds is 7. The van der Waals surface area contributed by atoms with E-state index in [1.54, 1.807) is 12.1 Å². The van der Waals surface area contributed by atoms with Crippen molar-refractivity contribution >= 4 is 28.1 Å². The summed E-state index contributed by atoms with van der Waals surface area (Å²) in [5.74, 6) is 0.933. The highest BCUT2D eigenvalue weighted by Gasteiger charge is 2.10. The second-order valence-corrected chi connectivity index (χ2v) is 6.77. The van der Waals surface area contributed by atoms with Crippen LogP contribution in [0, 0.1) is 0 Å². The molecule has 0 radical (unpaired) electrons. The zero-order valence-electron chi connectivity index (χ0n) is 14.8. The Labute approximate surface area is 161 Å². The smallest absolute Gasteiger partial charge is 0.277 e. The summed E-state index contributed by atoms with van der Waals surface area (Å²) in [6.07, 6.45) is 1.43. The lowest BCUT2D eigenvalue weighted by Crippen LogP contribution is -2.24. The molecule has 0 heterocycles. The van der Waals surface area contributed by atoms with Crippen molar-refractivity contribution in [1.29, 1.82) is 0 Å². The van der Waals surface area contributed by atoms with Crippen molar-refractivity contribution in [2.24, 2.45) is 5.10 Å². The molecule has 0 spiro atoms. The lowest BCUT2D eigenvalue weighted by molar-refractivity contribution is -0.123. The van der Waals surface area contributed by atoms with Gasteiger partial charge in [0.15, 0.2) is 18.1 Å². The standard InChI is InChI=1S/C19H21BrN2O4/c1-12(2)15-9-14(20)5-7-17(15)26-11-19(24)22-21-10-13-4-6-18(25-3)16(23)8-13/h4-10,12,23H,11H2,1-3H3,(H,22,24)/b21-10+. The lowest BCUT2D eigenvalue weighted by Gasteiger charge is -2.13. The van der Waals surface area contributed by atoms with E-state index in [9.17, 15) is 9.90 Å². The first-order chi connectivity index (χ1) is 12.4. The van der Waals surface area contributed by atoms with Crippen LogP contribution in [0.25, 0.3) is 0 Å². The van der Waals surface area contributed by atoms with Crippen LogP contribution in [0.2, 0.25) is 0 Å². The molecule has 0 atom stereocenters. The third-order valence-corrected chi connectivity index (χ3v) is 4.05. The van der Waals surface area contributed by atoms with E-state index in [1.165, 1.54) is 19.4 Å². The first-order valence-corrected chi connectivity index (χ1v) is 8.81. The minimum atomic E-state index is -0.378. The molecule has 2 rings (SSSR count). The van der Waals surface area contributed by atoms with E-state index >= 15 is 0 Å². The third kappa shape index (κ3) is 5.49. The molecule has 0 aliphatic rings. The Morgan fingerprint density at radius 2 is 2.00 bits per heavy atom. The Morgan fingerprint density at radius 3 is 2.65 bits per heavy atom. The molecule has 2 aromatic carbocycles. The summed E-state index contributed by atoms with van der Waals surface area (Å²) in [4.78, 5) is 11.9. The molecule has 0 aromatic heterocycles. The van der Waals surface area contributed by atoms with Gasteiger partial charge >= 0.3 is 0 Å². The number of carbonyl (C=O) groups excluding carboxylic acids is 1. The van der Waals surface area contributed by atoms with E-state index in [-0.39, 0.29) is 24.2 Å². The fraction of sp³-hybridized carbons (Fsp3) is 0.263. The molecule has 6 nitrogen and oxygen atoms in total. The van der Waals surface area contributed by atoms with Gasteiger partial charge in [-0.2, -0.15) is 5.10 Å². The predicted molar refractivity (Wildman–Crippen MR) is 104 cm³/mol. The maximum atomic E-state index is 11.9. The first-order valence-electron chi connectivity index (χ1n) is 8.02. The van der Waals surface area contributed by atoms with Gasteiger partial charge in [-0.1, -0.05) is 29.8 Å². The highest BCUT2D eigenvalue weighted by atomic mass is 79.9. The van der Waals surface area contributed by atoms with Crippen LogP contribution in [0.1, 0.15) is 30.9 Å². The molecule has 0 bridgehead atoms. The average molecular weight is 421 g/mol. The Bertz CT molecular complexity index is 806. The monoisotopic (exact) mass is 420 g/mol. The lowest BCUT2D eigenvalue weighted by atomic mass is 10.0. The van der Waals surface area contributed by atoms with Gasteiger partial charge in [0.1, 0.15) is 5.75 Å². The van der Waals surface area contributed by atoms with E-state index in [2.05, 4.69) is 40.3 Å². The fourth-order valence-corrected chi connectivity index (χ4v) is 2.62. The van der Waals surface area contributed by atoms with E-state index in [0.29, 0.717) is 17.1 Å². The second kappa shape index (κ2) is 9.24. The van der Waals surface area contributed by atoms with Crippen molar-refractivity contribution in [3.8, 4) is 17.2 Å². The number of hydrogen-bond acceptors (Lipinski definition) is 5. The molecule has 0 aliphatic carbocycles. The molecule has 138 valence electrons. The number of amides is 1. The number of hydrazone groups is 1. The first kappa shape index (κ1) is 19.8. The number of phenols is 1. The summed E-state index contributed by atoms with van der Waals surface area (Å²) in [5, 5.41) is 13.6. The molecule has 0 saturated carbocycles. The topological polar surface area (TPSA) is 80.2 Å². The van der Waals surface area contributed by atoms with Crippen LogP contribution in [0.5, 0.6) is 17.2 Å². The van der Waals surface area contributed by atoms with Crippen molar-refractivity contribution in [2.45, 2.75) is 19.8 Å².